The molecule has 0 radical (unpaired) electrons. The van der Waals surface area contributed by atoms with Crippen molar-refractivity contribution in [3.63, 3.8) is 0 Å². The van der Waals surface area contributed by atoms with Crippen LogP contribution in [0, 0.1) is 5.41 Å². The SMILES string of the molecule is CCCC1CC(C)(C)CCCC[n+]2ccc1cc2-c1ccccc1C(C)(CC)CC. The summed E-state index contributed by atoms with van der Waals surface area (Å²) < 4.78 is 2.54. The molecular formula is C29H44N+. The molecule has 164 valence electrons. The largest absolute Gasteiger partial charge is 0.213 e. The minimum absolute atomic E-state index is 0.225. The molecule has 2 aliphatic rings. The third-order valence-electron chi connectivity index (χ3n) is 7.88. The van der Waals surface area contributed by atoms with Crippen LogP contribution < -0.4 is 4.57 Å². The highest BCUT2D eigenvalue weighted by Gasteiger charge is 2.31. The molecule has 2 bridgehead atoms. The van der Waals surface area contributed by atoms with E-state index in [4.69, 9.17) is 0 Å². The molecule has 1 heteroatoms. The molecule has 1 unspecified atom stereocenters. The summed E-state index contributed by atoms with van der Waals surface area (Å²) in [6.45, 7) is 15.5. The first kappa shape index (κ1) is 23.0. The molecule has 1 nitrogen and oxygen atoms in total. The molecular weight excluding hydrogens is 362 g/mol. The van der Waals surface area contributed by atoms with Gasteiger partial charge in [-0.3, -0.25) is 0 Å². The smallest absolute Gasteiger partial charge is 0.198 e. The molecule has 3 heterocycles. The number of nitrogens with zero attached hydrogens (tertiary/aromatic N) is 1. The summed E-state index contributed by atoms with van der Waals surface area (Å²) in [4.78, 5) is 0. The monoisotopic (exact) mass is 406 g/mol. The Morgan fingerprint density at radius 1 is 1.03 bits per heavy atom. The fourth-order valence-corrected chi connectivity index (χ4v) is 5.48. The van der Waals surface area contributed by atoms with Crippen LogP contribution in [0.3, 0.4) is 0 Å². The Balaban J connectivity index is 2.17. The standard InChI is InChI=1S/C29H44N/c1-7-14-24-22-28(4,5)18-12-13-19-30-20-17-23(24)21-27(30)25-15-10-11-16-26(25)29(6,8-2)9-3/h10-11,15-17,20-21,24H,7-9,12-14,18-19,22H2,1-6H3/q+1. The Kier molecular flexibility index (Phi) is 7.43. The first-order valence-corrected chi connectivity index (χ1v) is 12.5. The van der Waals surface area contributed by atoms with Gasteiger partial charge in [0.05, 0.1) is 0 Å². The average Bonchev–Trinajstić information content (AvgIpc) is 2.79. The van der Waals surface area contributed by atoms with E-state index < -0.39 is 0 Å². The van der Waals surface area contributed by atoms with Gasteiger partial charge in [0.2, 0.25) is 5.69 Å². The van der Waals surface area contributed by atoms with Gasteiger partial charge in [0.1, 0.15) is 6.54 Å². The van der Waals surface area contributed by atoms with Crippen molar-refractivity contribution in [2.75, 3.05) is 0 Å². The predicted octanol–water partition coefficient (Wildman–Crippen LogP) is 8.20. The summed E-state index contributed by atoms with van der Waals surface area (Å²) in [7, 11) is 0. The van der Waals surface area contributed by atoms with Gasteiger partial charge in [-0.1, -0.05) is 66.2 Å². The first-order chi connectivity index (χ1) is 14.3. The number of benzene rings is 1. The van der Waals surface area contributed by atoms with E-state index in [-0.39, 0.29) is 5.41 Å². The molecule has 0 fully saturated rings. The minimum Gasteiger partial charge on any atom is -0.198 e. The number of hydrogen-bond donors (Lipinski definition) is 0. The Morgan fingerprint density at radius 3 is 2.47 bits per heavy atom. The zero-order valence-electron chi connectivity index (χ0n) is 20.4. The van der Waals surface area contributed by atoms with Crippen molar-refractivity contribution in [3.8, 4) is 11.3 Å². The molecule has 1 aromatic heterocycles. The number of fused-ring (bicyclic) bond motifs is 8. The van der Waals surface area contributed by atoms with Gasteiger partial charge in [0.15, 0.2) is 6.20 Å². The third kappa shape index (κ3) is 4.98. The van der Waals surface area contributed by atoms with Gasteiger partial charge in [-0.15, -0.1) is 0 Å². The van der Waals surface area contributed by atoms with Crippen LogP contribution in [0.5, 0.6) is 0 Å². The van der Waals surface area contributed by atoms with E-state index in [0.29, 0.717) is 11.3 Å². The maximum atomic E-state index is 2.55. The highest BCUT2D eigenvalue weighted by Crippen LogP contribution is 2.41. The lowest BCUT2D eigenvalue weighted by Crippen LogP contribution is -2.37. The second kappa shape index (κ2) is 9.67. The van der Waals surface area contributed by atoms with Crippen LogP contribution in [-0.2, 0) is 12.0 Å². The van der Waals surface area contributed by atoms with Crippen molar-refractivity contribution < 1.29 is 4.57 Å². The van der Waals surface area contributed by atoms with E-state index in [1.807, 2.05) is 0 Å². The molecule has 0 saturated carbocycles. The number of aryl methyl sites for hydroxylation is 1. The molecule has 1 aromatic carbocycles. The van der Waals surface area contributed by atoms with Gasteiger partial charge in [-0.2, -0.15) is 4.57 Å². The fourth-order valence-electron chi connectivity index (χ4n) is 5.48. The number of hydrogen-bond acceptors (Lipinski definition) is 0. The lowest BCUT2D eigenvalue weighted by atomic mass is 9.74. The normalized spacial score (nSPS) is 19.5. The molecule has 0 saturated heterocycles. The minimum atomic E-state index is 0.225. The van der Waals surface area contributed by atoms with E-state index in [1.54, 1.807) is 5.56 Å². The lowest BCUT2D eigenvalue weighted by molar-refractivity contribution is -0.686. The molecule has 2 aromatic rings. The highest BCUT2D eigenvalue weighted by atomic mass is 15.0. The molecule has 0 N–H and O–H groups in total. The zero-order valence-corrected chi connectivity index (χ0v) is 20.4. The summed E-state index contributed by atoms with van der Waals surface area (Å²) in [6, 6.07) is 14.2. The highest BCUT2D eigenvalue weighted by molar-refractivity contribution is 5.64. The Labute approximate surface area is 185 Å². The van der Waals surface area contributed by atoms with Crippen LogP contribution in [0.1, 0.15) is 110 Å². The van der Waals surface area contributed by atoms with Crippen LogP contribution in [0.4, 0.5) is 0 Å². The quantitative estimate of drug-likeness (QED) is 0.426. The molecule has 4 rings (SSSR count). The summed E-state index contributed by atoms with van der Waals surface area (Å²) in [5.41, 5.74) is 6.58. The van der Waals surface area contributed by atoms with Gasteiger partial charge >= 0.3 is 0 Å². The number of rotatable bonds is 6. The first-order valence-electron chi connectivity index (χ1n) is 12.5. The molecule has 30 heavy (non-hydrogen) atoms. The van der Waals surface area contributed by atoms with Crippen molar-refractivity contribution in [1.82, 2.24) is 0 Å². The Morgan fingerprint density at radius 2 is 1.77 bits per heavy atom. The fraction of sp³-hybridized carbons (Fsp3) is 0.621. The predicted molar refractivity (Wildman–Crippen MR) is 130 cm³/mol. The van der Waals surface area contributed by atoms with Gasteiger partial charge in [-0.05, 0) is 72.5 Å². The van der Waals surface area contributed by atoms with E-state index in [0.717, 1.165) is 6.54 Å². The molecule has 0 aliphatic carbocycles. The van der Waals surface area contributed by atoms with Crippen LogP contribution in [-0.4, -0.2) is 0 Å². The van der Waals surface area contributed by atoms with Crippen LogP contribution in [0.2, 0.25) is 0 Å². The van der Waals surface area contributed by atoms with E-state index in [2.05, 4.69) is 88.7 Å². The molecule has 1 atom stereocenters. The zero-order chi connectivity index (χ0) is 21.8. The van der Waals surface area contributed by atoms with E-state index >= 15 is 0 Å². The van der Waals surface area contributed by atoms with E-state index in [1.165, 1.54) is 68.2 Å². The van der Waals surface area contributed by atoms with Gasteiger partial charge in [0.25, 0.3) is 0 Å². The summed E-state index contributed by atoms with van der Waals surface area (Å²) >= 11 is 0. The van der Waals surface area contributed by atoms with Crippen molar-refractivity contribution in [2.24, 2.45) is 5.41 Å². The van der Waals surface area contributed by atoms with Gasteiger partial charge in [-0.25, -0.2) is 0 Å². The van der Waals surface area contributed by atoms with Crippen molar-refractivity contribution in [2.45, 2.75) is 111 Å². The maximum Gasteiger partial charge on any atom is 0.213 e. The lowest BCUT2D eigenvalue weighted by Gasteiger charge is -2.30. The third-order valence-corrected chi connectivity index (χ3v) is 7.88. The Bertz CT molecular complexity index is 828. The Hall–Kier alpha value is -1.63. The number of pyridine rings is 1. The van der Waals surface area contributed by atoms with Crippen LogP contribution in [0.25, 0.3) is 11.3 Å². The summed E-state index contributed by atoms with van der Waals surface area (Å²) in [5.74, 6) is 0.660. The van der Waals surface area contributed by atoms with E-state index in [9.17, 15) is 0 Å². The van der Waals surface area contributed by atoms with Crippen molar-refractivity contribution in [3.05, 3.63) is 53.7 Å². The molecule has 0 amide bonds. The summed E-state index contributed by atoms with van der Waals surface area (Å²) in [5, 5.41) is 0. The van der Waals surface area contributed by atoms with Crippen molar-refractivity contribution >= 4 is 0 Å². The maximum absolute atomic E-state index is 2.55. The topological polar surface area (TPSA) is 3.88 Å². The average molecular weight is 407 g/mol. The van der Waals surface area contributed by atoms with Gasteiger partial charge < -0.3 is 0 Å². The second-order valence-corrected chi connectivity index (χ2v) is 10.7. The summed E-state index contributed by atoms with van der Waals surface area (Å²) in [6.07, 6.45) is 12.5. The van der Waals surface area contributed by atoms with Crippen molar-refractivity contribution in [1.29, 1.82) is 0 Å². The molecule has 0 spiro atoms. The molecule has 2 aliphatic heterocycles. The van der Waals surface area contributed by atoms with Crippen LogP contribution in [0.15, 0.2) is 42.6 Å². The van der Waals surface area contributed by atoms with Crippen LogP contribution >= 0.6 is 0 Å². The second-order valence-electron chi connectivity index (χ2n) is 10.7. The number of aromatic nitrogens is 1. The van der Waals surface area contributed by atoms with Gasteiger partial charge in [0, 0.05) is 24.1 Å².